The Labute approximate surface area is 206 Å². The lowest BCUT2D eigenvalue weighted by atomic mass is 10.2. The average molecular weight is 550 g/mol. The predicted octanol–water partition coefficient (Wildman–Crippen LogP) is 3.41. The quantitative estimate of drug-likeness (QED) is 0.229. The zero-order valence-electron chi connectivity index (χ0n) is 18.7. The van der Waals surface area contributed by atoms with Crippen LogP contribution in [0, 0.1) is 0 Å². The molecule has 9 heteroatoms. The van der Waals surface area contributed by atoms with Crippen molar-refractivity contribution in [1.29, 1.82) is 0 Å². The Hall–Kier alpha value is -2.82. The first-order valence-corrected chi connectivity index (χ1v) is 10.4. The van der Waals surface area contributed by atoms with Gasteiger partial charge in [0.15, 0.2) is 17.5 Å². The number of nitrogens with one attached hydrogen (secondary N) is 2. The van der Waals surface area contributed by atoms with Gasteiger partial charge in [-0.3, -0.25) is 4.99 Å². The van der Waals surface area contributed by atoms with Crippen LogP contribution in [0.2, 0.25) is 0 Å². The van der Waals surface area contributed by atoms with E-state index in [1.54, 1.807) is 20.5 Å². The normalized spacial score (nSPS) is 10.9. The van der Waals surface area contributed by atoms with Gasteiger partial charge < -0.3 is 24.7 Å². The first-order valence-electron chi connectivity index (χ1n) is 10.4. The lowest BCUT2D eigenvalue weighted by Gasteiger charge is -2.15. The standard InChI is InChI=1S/C23H30N6O2.HI/c1-4-22-28-27-17-29(22)13-12-25-23(24-2)26-15-19-10-11-20(21(14-19)30-3)31-16-18-8-6-5-7-9-18;/h5-11,14,17H,4,12-13,15-16H2,1-3H3,(H2,24,25,26);1H. The van der Waals surface area contributed by atoms with Crippen LogP contribution >= 0.6 is 24.0 Å². The lowest BCUT2D eigenvalue weighted by molar-refractivity contribution is 0.284. The van der Waals surface area contributed by atoms with Gasteiger partial charge in [-0.2, -0.15) is 0 Å². The number of ether oxygens (including phenoxy) is 2. The monoisotopic (exact) mass is 550 g/mol. The van der Waals surface area contributed by atoms with Crippen molar-refractivity contribution in [1.82, 2.24) is 25.4 Å². The lowest BCUT2D eigenvalue weighted by Crippen LogP contribution is -2.38. The van der Waals surface area contributed by atoms with Crippen LogP contribution < -0.4 is 20.1 Å². The third kappa shape index (κ3) is 7.40. The van der Waals surface area contributed by atoms with Gasteiger partial charge in [-0.25, -0.2) is 0 Å². The van der Waals surface area contributed by atoms with Gasteiger partial charge in [0.05, 0.1) is 7.11 Å². The maximum absolute atomic E-state index is 5.93. The molecule has 0 aliphatic rings. The Kier molecular flexibility index (Phi) is 10.8. The molecule has 0 saturated carbocycles. The van der Waals surface area contributed by atoms with Crippen LogP contribution in [0.15, 0.2) is 59.9 Å². The molecule has 0 atom stereocenters. The minimum absolute atomic E-state index is 0. The van der Waals surface area contributed by atoms with Crippen LogP contribution in [-0.2, 0) is 26.1 Å². The molecule has 172 valence electrons. The van der Waals surface area contributed by atoms with Crippen molar-refractivity contribution in [2.75, 3.05) is 20.7 Å². The molecule has 0 fully saturated rings. The summed E-state index contributed by atoms with van der Waals surface area (Å²) in [6, 6.07) is 16.0. The van der Waals surface area contributed by atoms with Gasteiger partial charge in [0, 0.05) is 33.1 Å². The van der Waals surface area contributed by atoms with Gasteiger partial charge in [-0.05, 0) is 23.3 Å². The van der Waals surface area contributed by atoms with Crippen molar-refractivity contribution in [2.45, 2.75) is 33.0 Å². The second-order valence-electron chi connectivity index (χ2n) is 6.91. The topological polar surface area (TPSA) is 85.6 Å². The van der Waals surface area contributed by atoms with Gasteiger partial charge in [0.2, 0.25) is 0 Å². The Morgan fingerprint density at radius 3 is 2.59 bits per heavy atom. The fourth-order valence-electron chi connectivity index (χ4n) is 3.12. The smallest absolute Gasteiger partial charge is 0.191 e. The molecule has 0 aliphatic carbocycles. The number of rotatable bonds is 10. The molecule has 3 rings (SSSR count). The zero-order valence-corrected chi connectivity index (χ0v) is 21.1. The van der Waals surface area contributed by atoms with Crippen LogP contribution in [-0.4, -0.2) is 41.4 Å². The third-order valence-corrected chi connectivity index (χ3v) is 4.81. The molecular weight excluding hydrogens is 519 g/mol. The molecule has 32 heavy (non-hydrogen) atoms. The Balaban J connectivity index is 0.00000363. The summed E-state index contributed by atoms with van der Waals surface area (Å²) < 4.78 is 13.5. The number of halogens is 1. The molecule has 0 radical (unpaired) electrons. The highest BCUT2D eigenvalue weighted by Gasteiger charge is 2.08. The average Bonchev–Trinajstić information content (AvgIpc) is 3.28. The van der Waals surface area contributed by atoms with Crippen LogP contribution in [0.5, 0.6) is 11.5 Å². The highest BCUT2D eigenvalue weighted by atomic mass is 127. The second-order valence-corrected chi connectivity index (χ2v) is 6.91. The number of hydrogen-bond acceptors (Lipinski definition) is 5. The van der Waals surface area contributed by atoms with Crippen molar-refractivity contribution in [2.24, 2.45) is 4.99 Å². The van der Waals surface area contributed by atoms with Gasteiger partial charge in [-0.15, -0.1) is 34.2 Å². The summed E-state index contributed by atoms with van der Waals surface area (Å²) in [4.78, 5) is 4.29. The highest BCUT2D eigenvalue weighted by molar-refractivity contribution is 14.0. The summed E-state index contributed by atoms with van der Waals surface area (Å²) in [7, 11) is 3.41. The van der Waals surface area contributed by atoms with E-state index in [4.69, 9.17) is 9.47 Å². The number of methoxy groups -OCH3 is 1. The SMILES string of the molecule is CCc1nncn1CCNC(=NC)NCc1ccc(OCc2ccccc2)c(OC)c1.I. The van der Waals surface area contributed by atoms with E-state index >= 15 is 0 Å². The molecule has 2 aromatic carbocycles. The maximum atomic E-state index is 5.93. The van der Waals surface area contributed by atoms with Gasteiger partial charge in [0.25, 0.3) is 0 Å². The van der Waals surface area contributed by atoms with E-state index in [0.717, 1.165) is 48.2 Å². The van der Waals surface area contributed by atoms with Crippen molar-refractivity contribution in [3.05, 3.63) is 71.8 Å². The first-order chi connectivity index (χ1) is 15.2. The minimum Gasteiger partial charge on any atom is -0.493 e. The van der Waals surface area contributed by atoms with E-state index in [2.05, 4.69) is 32.7 Å². The molecule has 8 nitrogen and oxygen atoms in total. The third-order valence-electron chi connectivity index (χ3n) is 4.81. The Morgan fingerprint density at radius 2 is 1.88 bits per heavy atom. The van der Waals surface area contributed by atoms with Crippen molar-refractivity contribution >= 4 is 29.9 Å². The number of aryl methyl sites for hydroxylation is 1. The molecule has 0 spiro atoms. The Morgan fingerprint density at radius 1 is 1.06 bits per heavy atom. The van der Waals surface area contributed by atoms with E-state index in [1.165, 1.54) is 0 Å². The molecule has 3 aromatic rings. The van der Waals surface area contributed by atoms with Crippen LogP contribution in [0.3, 0.4) is 0 Å². The minimum atomic E-state index is 0. The summed E-state index contributed by atoms with van der Waals surface area (Å²) in [5.74, 6) is 3.14. The molecular formula is C23H31IN6O2. The second kappa shape index (κ2) is 13.6. The number of aromatic nitrogens is 3. The van der Waals surface area contributed by atoms with Gasteiger partial charge in [0.1, 0.15) is 18.8 Å². The Bertz CT molecular complexity index is 978. The molecule has 0 amide bonds. The molecule has 0 aliphatic heterocycles. The fraction of sp³-hybridized carbons (Fsp3) is 0.348. The predicted molar refractivity (Wildman–Crippen MR) is 137 cm³/mol. The van der Waals surface area contributed by atoms with Crippen LogP contribution in [0.4, 0.5) is 0 Å². The van der Waals surface area contributed by atoms with Crippen LogP contribution in [0.1, 0.15) is 23.9 Å². The molecule has 1 aromatic heterocycles. The van der Waals surface area contributed by atoms with Crippen molar-refractivity contribution in [3.8, 4) is 11.5 Å². The van der Waals surface area contributed by atoms with Gasteiger partial charge in [-0.1, -0.05) is 43.3 Å². The highest BCUT2D eigenvalue weighted by Crippen LogP contribution is 2.28. The molecule has 2 N–H and O–H groups in total. The van der Waals surface area contributed by atoms with E-state index < -0.39 is 0 Å². The zero-order chi connectivity index (χ0) is 21.9. The van der Waals surface area contributed by atoms with Crippen molar-refractivity contribution in [3.63, 3.8) is 0 Å². The molecule has 0 bridgehead atoms. The summed E-state index contributed by atoms with van der Waals surface area (Å²) >= 11 is 0. The molecule has 0 unspecified atom stereocenters. The van der Waals surface area contributed by atoms with E-state index in [1.807, 2.05) is 53.1 Å². The van der Waals surface area contributed by atoms with Crippen LogP contribution in [0.25, 0.3) is 0 Å². The summed E-state index contributed by atoms with van der Waals surface area (Å²) in [6.45, 7) is 4.68. The fourth-order valence-corrected chi connectivity index (χ4v) is 3.12. The van der Waals surface area contributed by atoms with E-state index in [0.29, 0.717) is 18.9 Å². The van der Waals surface area contributed by atoms with E-state index in [9.17, 15) is 0 Å². The largest absolute Gasteiger partial charge is 0.493 e. The summed E-state index contributed by atoms with van der Waals surface area (Å²) in [6.07, 6.45) is 2.62. The van der Waals surface area contributed by atoms with Gasteiger partial charge >= 0.3 is 0 Å². The molecule has 1 heterocycles. The number of guanidine groups is 1. The summed E-state index contributed by atoms with van der Waals surface area (Å²) in [5, 5.41) is 14.7. The number of hydrogen-bond donors (Lipinski definition) is 2. The number of aliphatic imine (C=N–C) groups is 1. The maximum Gasteiger partial charge on any atom is 0.191 e. The van der Waals surface area contributed by atoms with Crippen molar-refractivity contribution < 1.29 is 9.47 Å². The summed E-state index contributed by atoms with van der Waals surface area (Å²) in [5.41, 5.74) is 2.18. The van der Waals surface area contributed by atoms with E-state index in [-0.39, 0.29) is 24.0 Å². The molecule has 0 saturated heterocycles. The number of benzene rings is 2. The number of nitrogens with zero attached hydrogens (tertiary/aromatic N) is 4. The first kappa shape index (κ1) is 25.4.